The smallest absolute Gasteiger partial charge is 0.207 e. The van der Waals surface area contributed by atoms with Crippen LogP contribution < -0.4 is 4.72 Å². The van der Waals surface area contributed by atoms with E-state index in [-0.39, 0.29) is 17.0 Å². The summed E-state index contributed by atoms with van der Waals surface area (Å²) in [5.74, 6) is -1.31. The van der Waals surface area contributed by atoms with Crippen molar-refractivity contribution in [2.75, 3.05) is 0 Å². The minimum absolute atomic E-state index is 0.0325. The van der Waals surface area contributed by atoms with Crippen LogP contribution in [0, 0.1) is 18.6 Å². The standard InChI is InChI=1S/C14H12ClF2NO2S/c1-9-2-4-12(7-13(9)15)21(19,20)18-8-10-6-11(16)3-5-14(10)17/h2-7,18H,8H2,1H3. The average molecular weight is 332 g/mol. The van der Waals surface area contributed by atoms with Crippen molar-refractivity contribution in [2.45, 2.75) is 18.4 Å². The molecule has 0 atom stereocenters. The summed E-state index contributed by atoms with van der Waals surface area (Å²) in [6, 6.07) is 7.13. The number of sulfonamides is 1. The van der Waals surface area contributed by atoms with E-state index in [0.29, 0.717) is 5.02 Å². The predicted molar refractivity (Wildman–Crippen MR) is 76.6 cm³/mol. The second-order valence-electron chi connectivity index (χ2n) is 4.47. The summed E-state index contributed by atoms with van der Waals surface area (Å²) in [6.07, 6.45) is 0. The molecule has 0 aliphatic heterocycles. The molecule has 3 nitrogen and oxygen atoms in total. The van der Waals surface area contributed by atoms with E-state index in [4.69, 9.17) is 11.6 Å². The first-order valence-corrected chi connectivity index (χ1v) is 7.85. The molecule has 7 heteroatoms. The minimum atomic E-state index is -3.85. The van der Waals surface area contributed by atoms with Gasteiger partial charge in [-0.05, 0) is 42.8 Å². The van der Waals surface area contributed by atoms with Gasteiger partial charge in [-0.1, -0.05) is 17.7 Å². The fourth-order valence-corrected chi connectivity index (χ4v) is 2.95. The lowest BCUT2D eigenvalue weighted by Gasteiger charge is -2.09. The van der Waals surface area contributed by atoms with Gasteiger partial charge in [0.1, 0.15) is 11.6 Å². The van der Waals surface area contributed by atoms with Gasteiger partial charge >= 0.3 is 0 Å². The summed E-state index contributed by atoms with van der Waals surface area (Å²) in [6.45, 7) is 1.39. The van der Waals surface area contributed by atoms with Gasteiger partial charge in [0.15, 0.2) is 0 Å². The number of hydrogen-bond donors (Lipinski definition) is 1. The molecule has 0 aliphatic rings. The summed E-state index contributed by atoms with van der Waals surface area (Å²) in [4.78, 5) is -0.0325. The summed E-state index contributed by atoms with van der Waals surface area (Å²) in [5, 5.41) is 0.315. The Bertz CT molecular complexity index is 779. The highest BCUT2D eigenvalue weighted by atomic mass is 35.5. The van der Waals surface area contributed by atoms with Crippen LogP contribution in [0.3, 0.4) is 0 Å². The van der Waals surface area contributed by atoms with Gasteiger partial charge in [-0.2, -0.15) is 0 Å². The fraction of sp³-hybridized carbons (Fsp3) is 0.143. The molecule has 112 valence electrons. The van der Waals surface area contributed by atoms with E-state index in [1.807, 2.05) is 0 Å². The lowest BCUT2D eigenvalue weighted by Crippen LogP contribution is -2.23. The Morgan fingerprint density at radius 2 is 1.86 bits per heavy atom. The first kappa shape index (κ1) is 15.9. The van der Waals surface area contributed by atoms with Crippen molar-refractivity contribution in [3.63, 3.8) is 0 Å². The molecule has 0 aliphatic carbocycles. The van der Waals surface area contributed by atoms with Crippen molar-refractivity contribution in [3.05, 3.63) is 64.2 Å². The highest BCUT2D eigenvalue weighted by molar-refractivity contribution is 7.89. The molecule has 21 heavy (non-hydrogen) atoms. The molecule has 0 unspecified atom stereocenters. The van der Waals surface area contributed by atoms with Crippen LogP contribution in [0.1, 0.15) is 11.1 Å². The van der Waals surface area contributed by atoms with Crippen LogP contribution in [0.5, 0.6) is 0 Å². The van der Waals surface area contributed by atoms with E-state index in [0.717, 1.165) is 23.8 Å². The highest BCUT2D eigenvalue weighted by Crippen LogP contribution is 2.20. The Balaban J connectivity index is 2.21. The third-order valence-corrected chi connectivity index (χ3v) is 4.72. The average Bonchev–Trinajstić information content (AvgIpc) is 2.43. The molecule has 0 heterocycles. The predicted octanol–water partition coefficient (Wildman–Crippen LogP) is 3.41. The number of halogens is 3. The number of aryl methyl sites for hydroxylation is 1. The molecule has 0 radical (unpaired) electrons. The maximum atomic E-state index is 13.4. The molecule has 0 saturated carbocycles. The molecule has 1 N–H and O–H groups in total. The first-order chi connectivity index (χ1) is 9.79. The lowest BCUT2D eigenvalue weighted by molar-refractivity contribution is 0.567. The van der Waals surface area contributed by atoms with Crippen molar-refractivity contribution in [1.29, 1.82) is 0 Å². The van der Waals surface area contributed by atoms with Crippen LogP contribution in [0.15, 0.2) is 41.3 Å². The molecule has 0 bridgehead atoms. The third kappa shape index (κ3) is 3.78. The van der Waals surface area contributed by atoms with Gasteiger partial charge in [0.25, 0.3) is 0 Å². The van der Waals surface area contributed by atoms with Gasteiger partial charge < -0.3 is 0 Å². The van der Waals surface area contributed by atoms with Crippen molar-refractivity contribution in [3.8, 4) is 0 Å². The van der Waals surface area contributed by atoms with Crippen LogP contribution in [-0.4, -0.2) is 8.42 Å². The Kier molecular flexibility index (Phi) is 4.61. The zero-order valence-corrected chi connectivity index (χ0v) is 12.6. The van der Waals surface area contributed by atoms with E-state index < -0.39 is 21.7 Å². The molecule has 0 saturated heterocycles. The van der Waals surface area contributed by atoms with Gasteiger partial charge in [0.2, 0.25) is 10.0 Å². The number of hydrogen-bond acceptors (Lipinski definition) is 2. The van der Waals surface area contributed by atoms with E-state index in [1.165, 1.54) is 12.1 Å². The Morgan fingerprint density at radius 3 is 2.52 bits per heavy atom. The Morgan fingerprint density at radius 1 is 1.14 bits per heavy atom. The monoisotopic (exact) mass is 331 g/mol. The van der Waals surface area contributed by atoms with Crippen molar-refractivity contribution in [2.24, 2.45) is 0 Å². The van der Waals surface area contributed by atoms with E-state index >= 15 is 0 Å². The van der Waals surface area contributed by atoms with Crippen molar-refractivity contribution in [1.82, 2.24) is 4.72 Å². The van der Waals surface area contributed by atoms with Gasteiger partial charge in [-0.15, -0.1) is 0 Å². The molecular weight excluding hydrogens is 320 g/mol. The van der Waals surface area contributed by atoms with Gasteiger partial charge in [-0.3, -0.25) is 0 Å². The maximum absolute atomic E-state index is 13.4. The van der Waals surface area contributed by atoms with Crippen LogP contribution in [0.25, 0.3) is 0 Å². The SMILES string of the molecule is Cc1ccc(S(=O)(=O)NCc2cc(F)ccc2F)cc1Cl. The molecule has 0 spiro atoms. The second kappa shape index (κ2) is 6.09. The zero-order chi connectivity index (χ0) is 15.6. The minimum Gasteiger partial charge on any atom is -0.207 e. The van der Waals surface area contributed by atoms with Crippen LogP contribution in [0.2, 0.25) is 5.02 Å². The molecular formula is C14H12ClF2NO2S. The number of rotatable bonds is 4. The van der Waals surface area contributed by atoms with E-state index in [1.54, 1.807) is 13.0 Å². The molecule has 0 aromatic heterocycles. The summed E-state index contributed by atoms with van der Waals surface area (Å²) in [7, 11) is -3.85. The number of nitrogens with one attached hydrogen (secondary N) is 1. The molecule has 2 rings (SSSR count). The van der Waals surface area contributed by atoms with Crippen LogP contribution >= 0.6 is 11.6 Å². The first-order valence-electron chi connectivity index (χ1n) is 5.99. The van der Waals surface area contributed by atoms with Crippen LogP contribution in [0.4, 0.5) is 8.78 Å². The summed E-state index contributed by atoms with van der Waals surface area (Å²) < 4.78 is 52.8. The molecule has 0 fully saturated rings. The summed E-state index contributed by atoms with van der Waals surface area (Å²) in [5.41, 5.74) is 0.670. The fourth-order valence-electron chi connectivity index (χ4n) is 1.68. The normalized spacial score (nSPS) is 11.6. The Hall–Kier alpha value is -1.50. The number of benzene rings is 2. The van der Waals surface area contributed by atoms with Gasteiger partial charge in [0.05, 0.1) is 4.90 Å². The molecule has 0 amide bonds. The van der Waals surface area contributed by atoms with Gasteiger partial charge in [-0.25, -0.2) is 21.9 Å². The Labute approximate surface area is 126 Å². The van der Waals surface area contributed by atoms with Gasteiger partial charge in [0, 0.05) is 17.1 Å². The lowest BCUT2D eigenvalue weighted by atomic mass is 10.2. The van der Waals surface area contributed by atoms with Crippen molar-refractivity contribution < 1.29 is 17.2 Å². The molecule has 2 aromatic carbocycles. The third-order valence-electron chi connectivity index (χ3n) is 2.91. The largest absolute Gasteiger partial charge is 0.240 e. The zero-order valence-electron chi connectivity index (χ0n) is 11.0. The second-order valence-corrected chi connectivity index (χ2v) is 6.65. The van der Waals surface area contributed by atoms with Crippen molar-refractivity contribution >= 4 is 21.6 Å². The van der Waals surface area contributed by atoms with E-state index in [2.05, 4.69) is 4.72 Å². The molecule has 2 aromatic rings. The van der Waals surface area contributed by atoms with Crippen LogP contribution in [-0.2, 0) is 16.6 Å². The van der Waals surface area contributed by atoms with E-state index in [9.17, 15) is 17.2 Å². The summed E-state index contributed by atoms with van der Waals surface area (Å²) >= 11 is 5.88. The topological polar surface area (TPSA) is 46.2 Å². The maximum Gasteiger partial charge on any atom is 0.240 e. The quantitative estimate of drug-likeness (QED) is 0.933. The highest BCUT2D eigenvalue weighted by Gasteiger charge is 2.16.